The van der Waals surface area contributed by atoms with E-state index in [-0.39, 0.29) is 10.9 Å². The van der Waals surface area contributed by atoms with Crippen LogP contribution in [0.1, 0.15) is 10.4 Å². The number of rotatable bonds is 1. The monoisotopic (exact) mass is 205 g/mol. The second-order valence-corrected chi connectivity index (χ2v) is 2.83. The van der Waals surface area contributed by atoms with Gasteiger partial charge < -0.3 is 9.15 Å². The Hall–Kier alpha value is -2.17. The molecule has 0 aliphatic heterocycles. The number of hydrogen-bond donors (Lipinski definition) is 0. The van der Waals surface area contributed by atoms with E-state index in [1.54, 1.807) is 12.1 Å². The van der Waals surface area contributed by atoms with Gasteiger partial charge in [-0.2, -0.15) is 0 Å². The molecular formula is C10H7NO4. The van der Waals surface area contributed by atoms with Gasteiger partial charge in [-0.05, 0) is 12.1 Å². The SMILES string of the molecule is COC(=O)c1cccc2ncoc(=O)c12. The van der Waals surface area contributed by atoms with Crippen LogP contribution in [0.15, 0.2) is 33.8 Å². The highest BCUT2D eigenvalue weighted by Crippen LogP contribution is 2.13. The number of esters is 1. The van der Waals surface area contributed by atoms with E-state index < -0.39 is 11.6 Å². The minimum atomic E-state index is -0.596. The zero-order chi connectivity index (χ0) is 10.8. The summed E-state index contributed by atoms with van der Waals surface area (Å²) in [5.74, 6) is -0.582. The van der Waals surface area contributed by atoms with Crippen LogP contribution in [0.4, 0.5) is 0 Å². The smallest absolute Gasteiger partial charge is 0.347 e. The molecule has 0 saturated carbocycles. The highest BCUT2D eigenvalue weighted by atomic mass is 16.5. The van der Waals surface area contributed by atoms with Gasteiger partial charge in [-0.15, -0.1) is 0 Å². The standard InChI is InChI=1S/C10H7NO4/c1-14-9(12)6-3-2-4-7-8(6)10(13)15-5-11-7/h2-5H,1H3. The molecule has 76 valence electrons. The first-order valence-electron chi connectivity index (χ1n) is 4.19. The van der Waals surface area contributed by atoms with Crippen molar-refractivity contribution >= 4 is 16.9 Å². The minimum absolute atomic E-state index is 0.145. The molecule has 0 radical (unpaired) electrons. The van der Waals surface area contributed by atoms with Crippen molar-refractivity contribution in [1.82, 2.24) is 4.98 Å². The number of benzene rings is 1. The van der Waals surface area contributed by atoms with E-state index in [9.17, 15) is 9.59 Å². The van der Waals surface area contributed by atoms with Gasteiger partial charge in [0.2, 0.25) is 0 Å². The molecule has 0 bridgehead atoms. The fourth-order valence-corrected chi connectivity index (χ4v) is 1.33. The molecule has 1 aromatic heterocycles. The van der Waals surface area contributed by atoms with Crippen molar-refractivity contribution in [3.63, 3.8) is 0 Å². The van der Waals surface area contributed by atoms with E-state index in [0.717, 1.165) is 6.39 Å². The molecule has 1 heterocycles. The van der Waals surface area contributed by atoms with Crippen LogP contribution in [0.5, 0.6) is 0 Å². The molecule has 0 aliphatic carbocycles. The van der Waals surface area contributed by atoms with Crippen molar-refractivity contribution < 1.29 is 13.9 Å². The summed E-state index contributed by atoms with van der Waals surface area (Å²) in [5.41, 5.74) is -0.0213. The fraction of sp³-hybridized carbons (Fsp3) is 0.100. The Morgan fingerprint density at radius 1 is 1.47 bits per heavy atom. The number of nitrogens with zero attached hydrogens (tertiary/aromatic N) is 1. The second-order valence-electron chi connectivity index (χ2n) is 2.83. The van der Waals surface area contributed by atoms with Crippen molar-refractivity contribution in [3.05, 3.63) is 40.6 Å². The predicted molar refractivity (Wildman–Crippen MR) is 51.6 cm³/mol. The Morgan fingerprint density at radius 2 is 2.27 bits per heavy atom. The highest BCUT2D eigenvalue weighted by Gasteiger charge is 2.13. The quantitative estimate of drug-likeness (QED) is 0.649. The maximum absolute atomic E-state index is 11.4. The zero-order valence-corrected chi connectivity index (χ0v) is 7.89. The first-order chi connectivity index (χ1) is 7.24. The van der Waals surface area contributed by atoms with Crippen LogP contribution in [0.2, 0.25) is 0 Å². The Kier molecular flexibility index (Phi) is 2.21. The molecule has 0 N–H and O–H groups in total. The van der Waals surface area contributed by atoms with Gasteiger partial charge in [-0.25, -0.2) is 14.6 Å². The average Bonchev–Trinajstić information content (AvgIpc) is 2.28. The van der Waals surface area contributed by atoms with Gasteiger partial charge in [0.15, 0.2) is 6.39 Å². The molecule has 0 saturated heterocycles. The molecule has 1 aromatic carbocycles. The first kappa shape index (κ1) is 9.39. The second kappa shape index (κ2) is 3.53. The molecule has 5 nitrogen and oxygen atoms in total. The van der Waals surface area contributed by atoms with Crippen LogP contribution in [0.3, 0.4) is 0 Å². The van der Waals surface area contributed by atoms with Crippen molar-refractivity contribution in [1.29, 1.82) is 0 Å². The first-order valence-corrected chi connectivity index (χ1v) is 4.19. The van der Waals surface area contributed by atoms with E-state index in [2.05, 4.69) is 14.1 Å². The topological polar surface area (TPSA) is 69.4 Å². The van der Waals surface area contributed by atoms with E-state index in [1.807, 2.05) is 0 Å². The Labute approximate surface area is 84.3 Å². The highest BCUT2D eigenvalue weighted by molar-refractivity contribution is 6.02. The Morgan fingerprint density at radius 3 is 3.00 bits per heavy atom. The number of carbonyl (C=O) groups excluding carboxylic acids is 1. The maximum atomic E-state index is 11.4. The Balaban J connectivity index is 2.86. The van der Waals surface area contributed by atoms with Crippen LogP contribution in [0.25, 0.3) is 10.9 Å². The van der Waals surface area contributed by atoms with Crippen molar-refractivity contribution in [2.24, 2.45) is 0 Å². The summed E-state index contributed by atoms with van der Waals surface area (Å²) in [6.45, 7) is 0. The van der Waals surface area contributed by atoms with Crippen LogP contribution < -0.4 is 5.63 Å². The Bertz CT molecular complexity index is 568. The molecular weight excluding hydrogens is 198 g/mol. The van der Waals surface area contributed by atoms with Gasteiger partial charge in [0.25, 0.3) is 0 Å². The summed E-state index contributed by atoms with van der Waals surface area (Å²) in [5, 5.41) is 0.145. The molecule has 2 rings (SSSR count). The summed E-state index contributed by atoms with van der Waals surface area (Å²) in [6.07, 6.45) is 1.05. The molecule has 0 amide bonds. The van der Waals surface area contributed by atoms with E-state index >= 15 is 0 Å². The summed E-state index contributed by atoms with van der Waals surface area (Å²) >= 11 is 0. The van der Waals surface area contributed by atoms with Gasteiger partial charge in [0, 0.05) is 0 Å². The van der Waals surface area contributed by atoms with Crippen LogP contribution >= 0.6 is 0 Å². The predicted octanol–water partition coefficient (Wildman–Crippen LogP) is 0.975. The van der Waals surface area contributed by atoms with E-state index in [0.29, 0.717) is 5.52 Å². The normalized spacial score (nSPS) is 10.2. The maximum Gasteiger partial charge on any atom is 0.347 e. The molecule has 2 aromatic rings. The average molecular weight is 205 g/mol. The summed E-state index contributed by atoms with van der Waals surface area (Å²) < 4.78 is 9.15. The van der Waals surface area contributed by atoms with Gasteiger partial charge in [0.1, 0.15) is 5.39 Å². The number of fused-ring (bicyclic) bond motifs is 1. The third-order valence-electron chi connectivity index (χ3n) is 2.00. The van der Waals surface area contributed by atoms with Gasteiger partial charge in [-0.1, -0.05) is 6.07 Å². The third kappa shape index (κ3) is 1.48. The lowest BCUT2D eigenvalue weighted by atomic mass is 10.1. The molecule has 5 heteroatoms. The third-order valence-corrected chi connectivity index (χ3v) is 2.00. The van der Waals surface area contributed by atoms with Crippen molar-refractivity contribution in [3.8, 4) is 0 Å². The molecule has 0 fully saturated rings. The zero-order valence-electron chi connectivity index (χ0n) is 7.89. The van der Waals surface area contributed by atoms with Crippen LogP contribution in [0, 0.1) is 0 Å². The fourth-order valence-electron chi connectivity index (χ4n) is 1.33. The minimum Gasteiger partial charge on any atom is -0.465 e. The molecule has 15 heavy (non-hydrogen) atoms. The van der Waals surface area contributed by atoms with Gasteiger partial charge in [0.05, 0.1) is 18.2 Å². The van der Waals surface area contributed by atoms with E-state index in [4.69, 9.17) is 0 Å². The molecule has 0 spiro atoms. The lowest BCUT2D eigenvalue weighted by molar-refractivity contribution is 0.0602. The molecule has 0 unspecified atom stereocenters. The van der Waals surface area contributed by atoms with Crippen LogP contribution in [-0.4, -0.2) is 18.1 Å². The number of ether oxygens (including phenoxy) is 1. The number of hydrogen-bond acceptors (Lipinski definition) is 5. The summed E-state index contributed by atoms with van der Waals surface area (Å²) in [6, 6.07) is 4.74. The lowest BCUT2D eigenvalue weighted by Gasteiger charge is -2.01. The van der Waals surface area contributed by atoms with Gasteiger partial charge in [-0.3, -0.25) is 0 Å². The van der Waals surface area contributed by atoms with E-state index in [1.165, 1.54) is 13.2 Å². The summed E-state index contributed by atoms with van der Waals surface area (Å²) in [4.78, 5) is 26.6. The van der Waals surface area contributed by atoms with Crippen LogP contribution in [-0.2, 0) is 4.74 Å². The van der Waals surface area contributed by atoms with Crippen molar-refractivity contribution in [2.45, 2.75) is 0 Å². The molecule has 0 atom stereocenters. The number of carbonyl (C=O) groups is 1. The largest absolute Gasteiger partial charge is 0.465 e. The van der Waals surface area contributed by atoms with Crippen molar-refractivity contribution in [2.75, 3.05) is 7.11 Å². The lowest BCUT2D eigenvalue weighted by Crippen LogP contribution is -2.09. The van der Waals surface area contributed by atoms with Gasteiger partial charge >= 0.3 is 11.6 Å². The number of aromatic nitrogens is 1. The molecule has 0 aliphatic rings. The number of methoxy groups -OCH3 is 1. The summed E-state index contributed by atoms with van der Waals surface area (Å²) in [7, 11) is 1.25.